The maximum absolute atomic E-state index is 11.8. The Morgan fingerprint density at radius 2 is 2.19 bits per heavy atom. The van der Waals surface area contributed by atoms with E-state index in [9.17, 15) is 4.79 Å². The molecular weight excluding hydrogens is 380 g/mol. The number of fused-ring (bicyclic) bond motifs is 5. The summed E-state index contributed by atoms with van der Waals surface area (Å²) < 4.78 is 7.16. The molecule has 0 saturated heterocycles. The Bertz CT molecular complexity index is 1040. The predicted octanol–water partition coefficient (Wildman–Crippen LogP) is 4.00. The van der Waals surface area contributed by atoms with E-state index in [4.69, 9.17) is 9.72 Å². The van der Waals surface area contributed by atoms with Gasteiger partial charge >= 0.3 is 5.97 Å². The zero-order chi connectivity index (χ0) is 18.5. The molecule has 0 N–H and O–H groups in total. The third kappa shape index (κ3) is 3.02. The topological polar surface area (TPSA) is 69.4 Å². The van der Waals surface area contributed by atoms with E-state index in [0.717, 1.165) is 53.1 Å². The minimum Gasteiger partial charge on any atom is -0.465 e. The average Bonchev–Trinajstić information content (AvgIpc) is 3.30. The van der Waals surface area contributed by atoms with Gasteiger partial charge in [0, 0.05) is 10.8 Å². The number of hydrogen-bond donors (Lipinski definition) is 0. The average molecular weight is 403 g/mol. The highest BCUT2D eigenvalue weighted by molar-refractivity contribution is 7.99. The van der Waals surface area contributed by atoms with Crippen molar-refractivity contribution in [2.45, 2.75) is 57.0 Å². The summed E-state index contributed by atoms with van der Waals surface area (Å²) >= 11 is 3.23. The van der Waals surface area contributed by atoms with Gasteiger partial charge in [0.1, 0.15) is 10.7 Å². The Balaban J connectivity index is 1.63. The van der Waals surface area contributed by atoms with E-state index in [0.29, 0.717) is 12.5 Å². The molecule has 2 aliphatic carbocycles. The number of rotatable bonds is 5. The first-order valence-corrected chi connectivity index (χ1v) is 11.4. The summed E-state index contributed by atoms with van der Waals surface area (Å²) in [7, 11) is 0. The van der Waals surface area contributed by atoms with E-state index in [1.165, 1.54) is 34.0 Å². The molecular formula is C19H22N4O2S2. The van der Waals surface area contributed by atoms with E-state index in [-0.39, 0.29) is 11.7 Å². The monoisotopic (exact) mass is 402 g/mol. The lowest BCUT2D eigenvalue weighted by Gasteiger charge is -2.17. The smallest absolute Gasteiger partial charge is 0.316 e. The number of aromatic nitrogens is 4. The second-order valence-corrected chi connectivity index (χ2v) is 9.54. The van der Waals surface area contributed by atoms with Crippen molar-refractivity contribution in [2.75, 3.05) is 12.4 Å². The Hall–Kier alpha value is -1.67. The predicted molar refractivity (Wildman–Crippen MR) is 107 cm³/mol. The molecule has 3 heterocycles. The first-order valence-electron chi connectivity index (χ1n) is 9.63. The molecule has 6 nitrogen and oxygen atoms in total. The first kappa shape index (κ1) is 17.4. The third-order valence-corrected chi connectivity index (χ3v) is 7.41. The number of thiophene rings is 1. The SMILES string of the molecule is CCOC(=O)CSc1nnc2c3c4c(sc3nc(C3CC3)n12)C[C@H](C)CC4. The van der Waals surface area contributed by atoms with Crippen molar-refractivity contribution in [1.29, 1.82) is 0 Å². The molecule has 5 rings (SSSR count). The standard InChI is InChI=1S/C19H22N4O2S2/c1-3-25-14(24)9-26-19-22-21-17-15-12-7-4-10(2)8-13(12)27-18(15)20-16(23(17)19)11-5-6-11/h10-11H,3-9H2,1-2H3/t10-/m1/s1. The highest BCUT2D eigenvalue weighted by atomic mass is 32.2. The fourth-order valence-electron chi connectivity index (χ4n) is 3.87. The number of carbonyl (C=O) groups is 1. The Morgan fingerprint density at radius 3 is 2.96 bits per heavy atom. The minimum atomic E-state index is -0.219. The van der Waals surface area contributed by atoms with Gasteiger partial charge in [-0.2, -0.15) is 0 Å². The molecule has 0 bridgehead atoms. The normalized spacial score (nSPS) is 19.6. The van der Waals surface area contributed by atoms with Gasteiger partial charge in [0.15, 0.2) is 10.8 Å². The van der Waals surface area contributed by atoms with Gasteiger partial charge in [-0.15, -0.1) is 21.5 Å². The van der Waals surface area contributed by atoms with Crippen LogP contribution in [0.5, 0.6) is 0 Å². The van der Waals surface area contributed by atoms with Gasteiger partial charge in [0.05, 0.1) is 17.7 Å². The van der Waals surface area contributed by atoms with Gasteiger partial charge in [-0.05, 0) is 50.5 Å². The van der Waals surface area contributed by atoms with Crippen LogP contribution < -0.4 is 0 Å². The second kappa shape index (κ2) is 6.74. The van der Waals surface area contributed by atoms with Crippen molar-refractivity contribution in [2.24, 2.45) is 5.92 Å². The lowest BCUT2D eigenvalue weighted by atomic mass is 9.89. The summed E-state index contributed by atoms with van der Waals surface area (Å²) in [5.41, 5.74) is 2.34. The van der Waals surface area contributed by atoms with Gasteiger partial charge in [-0.25, -0.2) is 4.98 Å². The molecule has 142 valence electrons. The molecule has 0 amide bonds. The molecule has 1 saturated carbocycles. The summed E-state index contributed by atoms with van der Waals surface area (Å²) in [6, 6.07) is 0. The van der Waals surface area contributed by atoms with Gasteiger partial charge < -0.3 is 4.74 Å². The largest absolute Gasteiger partial charge is 0.465 e. The molecule has 3 aromatic heterocycles. The molecule has 8 heteroatoms. The second-order valence-electron chi connectivity index (χ2n) is 7.51. The Kier molecular flexibility index (Phi) is 4.35. The van der Waals surface area contributed by atoms with Gasteiger partial charge in [-0.3, -0.25) is 9.20 Å². The molecule has 0 aromatic carbocycles. The highest BCUT2D eigenvalue weighted by Crippen LogP contribution is 2.44. The highest BCUT2D eigenvalue weighted by Gasteiger charge is 2.32. The molecule has 0 radical (unpaired) electrons. The van der Waals surface area contributed by atoms with Crippen LogP contribution in [0.15, 0.2) is 5.16 Å². The Labute approximate surface area is 165 Å². The zero-order valence-corrected chi connectivity index (χ0v) is 17.2. The summed E-state index contributed by atoms with van der Waals surface area (Å²) in [6.07, 6.45) is 5.77. The molecule has 1 atom stereocenters. The third-order valence-electron chi connectivity index (χ3n) is 5.36. The van der Waals surface area contributed by atoms with Crippen LogP contribution in [0.25, 0.3) is 15.9 Å². The number of thioether (sulfide) groups is 1. The van der Waals surface area contributed by atoms with Crippen LogP contribution in [0.4, 0.5) is 0 Å². The number of carbonyl (C=O) groups excluding carboxylic acids is 1. The van der Waals surface area contributed by atoms with Crippen molar-refractivity contribution in [3.05, 3.63) is 16.3 Å². The molecule has 0 unspecified atom stereocenters. The molecule has 3 aromatic rings. The summed E-state index contributed by atoms with van der Waals surface area (Å²) in [6.45, 7) is 4.55. The van der Waals surface area contributed by atoms with Gasteiger partial charge in [0.2, 0.25) is 0 Å². The van der Waals surface area contributed by atoms with Crippen LogP contribution in [0, 0.1) is 5.92 Å². The molecule has 27 heavy (non-hydrogen) atoms. The van der Waals surface area contributed by atoms with Crippen LogP contribution in [-0.4, -0.2) is 37.9 Å². The van der Waals surface area contributed by atoms with Gasteiger partial charge in [0.25, 0.3) is 0 Å². The van der Waals surface area contributed by atoms with Crippen LogP contribution in [0.3, 0.4) is 0 Å². The number of nitrogens with zero attached hydrogens (tertiary/aromatic N) is 4. The van der Waals surface area contributed by atoms with Crippen molar-refractivity contribution in [1.82, 2.24) is 19.6 Å². The molecule has 0 spiro atoms. The maximum atomic E-state index is 11.8. The minimum absolute atomic E-state index is 0.219. The lowest BCUT2D eigenvalue weighted by molar-refractivity contribution is -0.139. The van der Waals surface area contributed by atoms with Crippen molar-refractivity contribution >= 4 is 44.9 Å². The first-order chi connectivity index (χ1) is 13.2. The zero-order valence-electron chi connectivity index (χ0n) is 15.5. The van der Waals surface area contributed by atoms with E-state index >= 15 is 0 Å². The van der Waals surface area contributed by atoms with E-state index in [1.54, 1.807) is 0 Å². The maximum Gasteiger partial charge on any atom is 0.316 e. The van der Waals surface area contributed by atoms with Gasteiger partial charge in [-0.1, -0.05) is 18.7 Å². The Morgan fingerprint density at radius 1 is 1.33 bits per heavy atom. The van der Waals surface area contributed by atoms with Crippen molar-refractivity contribution in [3.8, 4) is 0 Å². The number of esters is 1. The van der Waals surface area contributed by atoms with Crippen LogP contribution in [0.2, 0.25) is 0 Å². The van der Waals surface area contributed by atoms with Crippen LogP contribution in [-0.2, 0) is 22.4 Å². The van der Waals surface area contributed by atoms with E-state index in [1.807, 2.05) is 18.3 Å². The fourth-order valence-corrected chi connectivity index (χ4v) is 6.00. The number of hydrogen-bond acceptors (Lipinski definition) is 7. The molecule has 2 aliphatic rings. The van der Waals surface area contributed by atoms with Crippen molar-refractivity contribution in [3.63, 3.8) is 0 Å². The quantitative estimate of drug-likeness (QED) is 0.475. The summed E-state index contributed by atoms with van der Waals surface area (Å²) in [5.74, 6) is 2.30. The molecule has 1 fully saturated rings. The summed E-state index contributed by atoms with van der Waals surface area (Å²) in [4.78, 5) is 19.4. The summed E-state index contributed by atoms with van der Waals surface area (Å²) in [5, 5.41) is 10.9. The van der Waals surface area contributed by atoms with E-state index < -0.39 is 0 Å². The molecule has 0 aliphatic heterocycles. The number of aryl methyl sites for hydroxylation is 1. The lowest BCUT2D eigenvalue weighted by Crippen LogP contribution is -2.09. The van der Waals surface area contributed by atoms with E-state index in [2.05, 4.69) is 21.5 Å². The van der Waals surface area contributed by atoms with Crippen molar-refractivity contribution < 1.29 is 9.53 Å². The van der Waals surface area contributed by atoms with Crippen LogP contribution in [0.1, 0.15) is 55.3 Å². The number of ether oxygens (including phenoxy) is 1. The van der Waals surface area contributed by atoms with Crippen LogP contribution >= 0.6 is 23.1 Å². The fraction of sp³-hybridized carbons (Fsp3) is 0.579.